The van der Waals surface area contributed by atoms with E-state index < -0.39 is 0 Å². The van der Waals surface area contributed by atoms with Crippen molar-refractivity contribution in [3.05, 3.63) is 42.0 Å². The molecule has 6 nitrogen and oxygen atoms in total. The maximum atomic E-state index is 12.0. The molecule has 0 bridgehead atoms. The van der Waals surface area contributed by atoms with Crippen molar-refractivity contribution in [2.45, 2.75) is 26.3 Å². The van der Waals surface area contributed by atoms with Gasteiger partial charge in [0.15, 0.2) is 5.69 Å². The molecule has 0 saturated carbocycles. The van der Waals surface area contributed by atoms with E-state index in [1.54, 1.807) is 18.4 Å². The van der Waals surface area contributed by atoms with Gasteiger partial charge in [-0.1, -0.05) is 0 Å². The first-order valence-electron chi connectivity index (χ1n) is 6.60. The van der Waals surface area contributed by atoms with Gasteiger partial charge in [0.1, 0.15) is 11.6 Å². The molecule has 2 N–H and O–H groups in total. The van der Waals surface area contributed by atoms with Gasteiger partial charge in [0.05, 0.1) is 6.26 Å². The molecular weight excluding hydrogens is 256 g/mol. The zero-order valence-corrected chi connectivity index (χ0v) is 11.6. The lowest BCUT2D eigenvalue weighted by Gasteiger charge is -2.12. The summed E-state index contributed by atoms with van der Waals surface area (Å²) in [7, 11) is 0. The zero-order chi connectivity index (χ0) is 14.4. The Morgan fingerprint density at radius 1 is 1.35 bits per heavy atom. The Labute approximate surface area is 117 Å². The van der Waals surface area contributed by atoms with Crippen LogP contribution in [-0.2, 0) is 6.42 Å². The van der Waals surface area contributed by atoms with Crippen molar-refractivity contribution >= 4 is 11.7 Å². The number of anilines is 1. The Kier molecular flexibility index (Phi) is 4.70. The van der Waals surface area contributed by atoms with Gasteiger partial charge in [-0.3, -0.25) is 4.79 Å². The standard InChI is InChI=1S/C14H18N4O2/c1-3-15-13-7-6-12(17-18-13)14(19)16-10(2)9-11-5-4-8-20-11/h4-8,10H,3,9H2,1-2H3,(H,15,18)(H,16,19). The molecule has 0 radical (unpaired) electrons. The van der Waals surface area contributed by atoms with Crippen LogP contribution in [0.15, 0.2) is 34.9 Å². The van der Waals surface area contributed by atoms with Gasteiger partial charge in [-0.2, -0.15) is 0 Å². The van der Waals surface area contributed by atoms with E-state index in [0.717, 1.165) is 12.3 Å². The van der Waals surface area contributed by atoms with Gasteiger partial charge in [0.25, 0.3) is 5.91 Å². The van der Waals surface area contributed by atoms with Crippen molar-refractivity contribution in [1.82, 2.24) is 15.5 Å². The first-order chi connectivity index (χ1) is 9.69. The van der Waals surface area contributed by atoms with Gasteiger partial charge >= 0.3 is 0 Å². The summed E-state index contributed by atoms with van der Waals surface area (Å²) in [5, 5.41) is 13.7. The lowest BCUT2D eigenvalue weighted by atomic mass is 10.2. The third-order valence-electron chi connectivity index (χ3n) is 2.72. The molecular formula is C14H18N4O2. The number of carbonyl (C=O) groups is 1. The molecule has 0 aliphatic heterocycles. The number of carbonyl (C=O) groups excluding carboxylic acids is 1. The van der Waals surface area contributed by atoms with Crippen molar-refractivity contribution in [1.29, 1.82) is 0 Å². The van der Waals surface area contributed by atoms with Crippen LogP contribution in [0.25, 0.3) is 0 Å². The number of nitrogens with one attached hydrogen (secondary N) is 2. The molecule has 0 fully saturated rings. The molecule has 6 heteroatoms. The average Bonchev–Trinajstić information content (AvgIpc) is 2.92. The lowest BCUT2D eigenvalue weighted by Crippen LogP contribution is -2.34. The highest BCUT2D eigenvalue weighted by Gasteiger charge is 2.13. The minimum atomic E-state index is -0.236. The molecule has 0 aromatic carbocycles. The second kappa shape index (κ2) is 6.70. The first kappa shape index (κ1) is 14.0. The largest absolute Gasteiger partial charge is 0.469 e. The topological polar surface area (TPSA) is 80.0 Å². The number of furan rings is 1. The van der Waals surface area contributed by atoms with Gasteiger partial charge in [-0.05, 0) is 38.1 Å². The zero-order valence-electron chi connectivity index (χ0n) is 11.6. The van der Waals surface area contributed by atoms with Gasteiger partial charge in [0.2, 0.25) is 0 Å². The predicted molar refractivity (Wildman–Crippen MR) is 75.5 cm³/mol. The molecule has 0 aliphatic rings. The quantitative estimate of drug-likeness (QED) is 0.840. The highest BCUT2D eigenvalue weighted by molar-refractivity contribution is 5.92. The highest BCUT2D eigenvalue weighted by Crippen LogP contribution is 2.05. The number of nitrogens with zero attached hydrogens (tertiary/aromatic N) is 2. The van der Waals surface area contributed by atoms with Crippen LogP contribution in [0.2, 0.25) is 0 Å². The van der Waals surface area contributed by atoms with E-state index in [9.17, 15) is 4.79 Å². The summed E-state index contributed by atoms with van der Waals surface area (Å²) >= 11 is 0. The van der Waals surface area contributed by atoms with Crippen LogP contribution in [0.1, 0.15) is 30.1 Å². The first-order valence-corrected chi connectivity index (χ1v) is 6.60. The Hall–Kier alpha value is -2.37. The lowest BCUT2D eigenvalue weighted by molar-refractivity contribution is 0.0933. The Morgan fingerprint density at radius 2 is 2.20 bits per heavy atom. The third kappa shape index (κ3) is 3.81. The number of hydrogen-bond donors (Lipinski definition) is 2. The third-order valence-corrected chi connectivity index (χ3v) is 2.72. The van der Waals surface area contributed by atoms with E-state index in [1.165, 1.54) is 0 Å². The molecule has 0 aliphatic carbocycles. The Morgan fingerprint density at radius 3 is 2.80 bits per heavy atom. The number of aromatic nitrogens is 2. The monoisotopic (exact) mass is 274 g/mol. The second-order valence-corrected chi connectivity index (χ2v) is 4.49. The van der Waals surface area contributed by atoms with Crippen molar-refractivity contribution < 1.29 is 9.21 Å². The normalized spacial score (nSPS) is 11.9. The minimum Gasteiger partial charge on any atom is -0.469 e. The summed E-state index contributed by atoms with van der Waals surface area (Å²) < 4.78 is 5.25. The van der Waals surface area contributed by atoms with Crippen molar-refractivity contribution in [2.24, 2.45) is 0 Å². The molecule has 2 aromatic heterocycles. The summed E-state index contributed by atoms with van der Waals surface area (Å²) in [4.78, 5) is 12.0. The molecule has 0 spiro atoms. The fraction of sp³-hybridized carbons (Fsp3) is 0.357. The molecule has 1 amide bonds. The molecule has 2 rings (SSSR count). The minimum absolute atomic E-state index is 0.0381. The average molecular weight is 274 g/mol. The van der Waals surface area contributed by atoms with E-state index in [1.807, 2.05) is 26.0 Å². The van der Waals surface area contributed by atoms with Crippen LogP contribution in [0.3, 0.4) is 0 Å². The SMILES string of the molecule is CCNc1ccc(C(=O)NC(C)Cc2ccco2)nn1. The van der Waals surface area contributed by atoms with E-state index in [-0.39, 0.29) is 11.9 Å². The summed E-state index contributed by atoms with van der Waals surface area (Å²) in [5.41, 5.74) is 0.304. The molecule has 20 heavy (non-hydrogen) atoms. The van der Waals surface area contributed by atoms with Crippen LogP contribution >= 0.6 is 0 Å². The smallest absolute Gasteiger partial charge is 0.272 e. The van der Waals surface area contributed by atoms with Gasteiger partial charge in [-0.25, -0.2) is 0 Å². The predicted octanol–water partition coefficient (Wildman–Crippen LogP) is 1.86. The molecule has 1 atom stereocenters. The molecule has 106 valence electrons. The van der Waals surface area contributed by atoms with Crippen LogP contribution < -0.4 is 10.6 Å². The molecule has 2 aromatic rings. The van der Waals surface area contributed by atoms with Gasteiger partial charge in [-0.15, -0.1) is 10.2 Å². The maximum Gasteiger partial charge on any atom is 0.272 e. The molecule has 0 saturated heterocycles. The Balaban J connectivity index is 1.90. The van der Waals surface area contributed by atoms with E-state index in [2.05, 4.69) is 20.8 Å². The fourth-order valence-electron chi connectivity index (χ4n) is 1.81. The van der Waals surface area contributed by atoms with Crippen LogP contribution in [0.5, 0.6) is 0 Å². The summed E-state index contributed by atoms with van der Waals surface area (Å²) in [6.07, 6.45) is 2.26. The molecule has 1 unspecified atom stereocenters. The summed E-state index contributed by atoms with van der Waals surface area (Å²) in [6, 6.07) is 7.06. The van der Waals surface area contributed by atoms with Gasteiger partial charge in [0, 0.05) is 19.0 Å². The maximum absolute atomic E-state index is 12.0. The van der Waals surface area contributed by atoms with Crippen molar-refractivity contribution in [3.63, 3.8) is 0 Å². The van der Waals surface area contributed by atoms with Crippen LogP contribution in [0, 0.1) is 0 Å². The van der Waals surface area contributed by atoms with E-state index >= 15 is 0 Å². The molecule has 2 heterocycles. The Bertz CT molecular complexity index is 537. The second-order valence-electron chi connectivity index (χ2n) is 4.49. The van der Waals surface area contributed by atoms with E-state index in [0.29, 0.717) is 17.9 Å². The summed E-state index contributed by atoms with van der Waals surface area (Å²) in [6.45, 7) is 4.65. The van der Waals surface area contributed by atoms with Crippen LogP contribution in [-0.4, -0.2) is 28.7 Å². The number of rotatable bonds is 6. The fourth-order valence-corrected chi connectivity index (χ4v) is 1.81. The van der Waals surface area contributed by atoms with Crippen molar-refractivity contribution in [3.8, 4) is 0 Å². The van der Waals surface area contributed by atoms with E-state index in [4.69, 9.17) is 4.42 Å². The summed E-state index contributed by atoms with van der Waals surface area (Å²) in [5.74, 6) is 1.26. The van der Waals surface area contributed by atoms with Crippen LogP contribution in [0.4, 0.5) is 5.82 Å². The highest BCUT2D eigenvalue weighted by atomic mass is 16.3. The number of hydrogen-bond acceptors (Lipinski definition) is 5. The van der Waals surface area contributed by atoms with Crippen molar-refractivity contribution in [2.75, 3.05) is 11.9 Å². The van der Waals surface area contributed by atoms with Gasteiger partial charge < -0.3 is 15.1 Å². The number of amides is 1.